The fourth-order valence-corrected chi connectivity index (χ4v) is 4.91. The standard InChI is InChI=1S/C23H19ClN4O3S2/c1-33(30,31)28(20-9-5-8-19(24)14-20)15-16-10-12-17(13-11-16)21(29)25-23-27-26-22(32-23)18-6-3-2-4-7-18/h2-14H,15H2,1H3,(H,25,27,29). The molecule has 0 saturated carbocycles. The summed E-state index contributed by atoms with van der Waals surface area (Å²) < 4.78 is 25.9. The van der Waals surface area contributed by atoms with Gasteiger partial charge in [-0.25, -0.2) is 8.42 Å². The van der Waals surface area contributed by atoms with Crippen LogP contribution in [0.4, 0.5) is 10.8 Å². The van der Waals surface area contributed by atoms with E-state index in [9.17, 15) is 13.2 Å². The maximum Gasteiger partial charge on any atom is 0.257 e. The minimum atomic E-state index is -3.54. The van der Waals surface area contributed by atoms with E-state index in [2.05, 4.69) is 15.5 Å². The van der Waals surface area contributed by atoms with Gasteiger partial charge in [0.25, 0.3) is 5.91 Å². The van der Waals surface area contributed by atoms with Crippen LogP contribution in [0.3, 0.4) is 0 Å². The molecular formula is C23H19ClN4O3S2. The van der Waals surface area contributed by atoms with Crippen molar-refractivity contribution in [2.45, 2.75) is 6.54 Å². The summed E-state index contributed by atoms with van der Waals surface area (Å²) in [5, 5.41) is 12.5. The van der Waals surface area contributed by atoms with Crippen molar-refractivity contribution in [2.75, 3.05) is 15.9 Å². The van der Waals surface area contributed by atoms with Crippen LogP contribution < -0.4 is 9.62 Å². The predicted octanol–water partition coefficient (Wildman–Crippen LogP) is 5.08. The first-order valence-electron chi connectivity index (χ1n) is 9.82. The van der Waals surface area contributed by atoms with Crippen LogP contribution in [0.5, 0.6) is 0 Å². The van der Waals surface area contributed by atoms with E-state index in [-0.39, 0.29) is 12.5 Å². The average molecular weight is 499 g/mol. The van der Waals surface area contributed by atoms with Gasteiger partial charge in [0.05, 0.1) is 18.5 Å². The Bertz CT molecular complexity index is 1370. The highest BCUT2D eigenvalue weighted by Gasteiger charge is 2.19. The van der Waals surface area contributed by atoms with E-state index in [0.29, 0.717) is 26.4 Å². The number of halogens is 1. The number of rotatable bonds is 7. The number of nitrogens with one attached hydrogen (secondary N) is 1. The lowest BCUT2D eigenvalue weighted by Gasteiger charge is -2.22. The molecule has 1 amide bonds. The Morgan fingerprint density at radius 2 is 1.73 bits per heavy atom. The van der Waals surface area contributed by atoms with Gasteiger partial charge in [-0.05, 0) is 35.9 Å². The maximum absolute atomic E-state index is 12.6. The van der Waals surface area contributed by atoms with Crippen molar-refractivity contribution < 1.29 is 13.2 Å². The molecule has 0 aliphatic heterocycles. The van der Waals surface area contributed by atoms with Gasteiger partial charge >= 0.3 is 0 Å². The van der Waals surface area contributed by atoms with E-state index in [0.717, 1.165) is 17.4 Å². The fourth-order valence-electron chi connectivity index (χ4n) is 3.10. The van der Waals surface area contributed by atoms with Gasteiger partial charge in [0.15, 0.2) is 0 Å². The van der Waals surface area contributed by atoms with Crippen LogP contribution in [0, 0.1) is 0 Å². The number of carbonyl (C=O) groups is 1. The molecule has 0 fully saturated rings. The van der Waals surface area contributed by atoms with Gasteiger partial charge in [0.1, 0.15) is 5.01 Å². The molecule has 4 rings (SSSR count). The molecule has 1 N–H and O–H groups in total. The highest BCUT2D eigenvalue weighted by Crippen LogP contribution is 2.27. The molecule has 0 aliphatic carbocycles. The third kappa shape index (κ3) is 5.75. The number of hydrogen-bond donors (Lipinski definition) is 1. The van der Waals surface area contributed by atoms with Crippen LogP contribution in [0.1, 0.15) is 15.9 Å². The predicted molar refractivity (Wildman–Crippen MR) is 132 cm³/mol. The second-order valence-electron chi connectivity index (χ2n) is 7.18. The van der Waals surface area contributed by atoms with Gasteiger partial charge < -0.3 is 0 Å². The third-order valence-corrected chi connectivity index (χ3v) is 6.97. The topological polar surface area (TPSA) is 92.3 Å². The minimum absolute atomic E-state index is 0.109. The molecule has 3 aromatic carbocycles. The molecule has 10 heteroatoms. The third-order valence-electron chi connectivity index (χ3n) is 4.71. The lowest BCUT2D eigenvalue weighted by atomic mass is 10.1. The Morgan fingerprint density at radius 1 is 1.00 bits per heavy atom. The van der Waals surface area contributed by atoms with Crippen molar-refractivity contribution in [2.24, 2.45) is 0 Å². The van der Waals surface area contributed by atoms with Crippen LogP contribution in [0.25, 0.3) is 10.6 Å². The molecule has 0 saturated heterocycles. The van der Waals surface area contributed by atoms with Crippen LogP contribution in [-0.2, 0) is 16.6 Å². The first-order chi connectivity index (χ1) is 15.8. The Balaban J connectivity index is 1.46. The van der Waals surface area contributed by atoms with E-state index in [4.69, 9.17) is 11.6 Å². The SMILES string of the molecule is CS(=O)(=O)N(Cc1ccc(C(=O)Nc2nnc(-c3ccccc3)s2)cc1)c1cccc(Cl)c1. The number of anilines is 2. The zero-order valence-corrected chi connectivity index (χ0v) is 19.9. The Labute approximate surface area is 200 Å². The minimum Gasteiger partial charge on any atom is -0.296 e. The molecule has 1 aromatic heterocycles. The molecule has 0 unspecified atom stereocenters. The number of nitrogens with zero attached hydrogens (tertiary/aromatic N) is 3. The maximum atomic E-state index is 12.6. The molecule has 0 spiro atoms. The molecule has 0 atom stereocenters. The van der Waals surface area contributed by atoms with Crippen molar-refractivity contribution in [3.63, 3.8) is 0 Å². The molecule has 0 aliphatic rings. The molecule has 0 radical (unpaired) electrons. The van der Waals surface area contributed by atoms with E-state index in [1.54, 1.807) is 48.5 Å². The summed E-state index contributed by atoms with van der Waals surface area (Å²) in [6.45, 7) is 0.109. The first kappa shape index (κ1) is 22.9. The number of benzene rings is 3. The molecule has 7 nitrogen and oxygen atoms in total. The lowest BCUT2D eigenvalue weighted by Crippen LogP contribution is -2.29. The number of amides is 1. The summed E-state index contributed by atoms with van der Waals surface area (Å²) in [6, 6.07) is 23.0. The summed E-state index contributed by atoms with van der Waals surface area (Å²) in [4.78, 5) is 12.6. The van der Waals surface area contributed by atoms with Crippen molar-refractivity contribution in [3.8, 4) is 10.6 Å². The zero-order chi connectivity index (χ0) is 23.4. The monoisotopic (exact) mass is 498 g/mol. The number of carbonyl (C=O) groups excluding carboxylic acids is 1. The smallest absolute Gasteiger partial charge is 0.257 e. The highest BCUT2D eigenvalue weighted by atomic mass is 35.5. The summed E-state index contributed by atoms with van der Waals surface area (Å²) in [7, 11) is -3.54. The Kier molecular flexibility index (Phi) is 6.73. The van der Waals surface area contributed by atoms with Crippen molar-refractivity contribution >= 4 is 49.7 Å². The van der Waals surface area contributed by atoms with Crippen molar-refractivity contribution in [1.82, 2.24) is 10.2 Å². The van der Waals surface area contributed by atoms with E-state index in [1.807, 2.05) is 30.3 Å². The molecule has 0 bridgehead atoms. The van der Waals surface area contributed by atoms with Gasteiger partial charge in [0.2, 0.25) is 15.2 Å². The summed E-state index contributed by atoms with van der Waals surface area (Å²) in [6.07, 6.45) is 1.14. The summed E-state index contributed by atoms with van der Waals surface area (Å²) >= 11 is 7.31. The van der Waals surface area contributed by atoms with E-state index < -0.39 is 10.0 Å². The second kappa shape index (κ2) is 9.70. The van der Waals surface area contributed by atoms with E-state index >= 15 is 0 Å². The average Bonchev–Trinajstić information content (AvgIpc) is 3.26. The zero-order valence-electron chi connectivity index (χ0n) is 17.5. The Hall–Kier alpha value is -3.27. The lowest BCUT2D eigenvalue weighted by molar-refractivity contribution is 0.102. The van der Waals surface area contributed by atoms with Gasteiger partial charge in [-0.15, -0.1) is 10.2 Å². The van der Waals surface area contributed by atoms with Crippen LogP contribution >= 0.6 is 22.9 Å². The number of hydrogen-bond acceptors (Lipinski definition) is 6. The molecule has 4 aromatic rings. The first-order valence-corrected chi connectivity index (χ1v) is 12.9. The van der Waals surface area contributed by atoms with Crippen molar-refractivity contribution in [1.29, 1.82) is 0 Å². The molecule has 33 heavy (non-hydrogen) atoms. The van der Waals surface area contributed by atoms with E-state index in [1.165, 1.54) is 15.6 Å². The number of sulfonamides is 1. The van der Waals surface area contributed by atoms with Crippen molar-refractivity contribution in [3.05, 3.63) is 95.0 Å². The summed E-state index contributed by atoms with van der Waals surface area (Å²) in [5.74, 6) is -0.327. The normalized spacial score (nSPS) is 11.2. The highest BCUT2D eigenvalue weighted by molar-refractivity contribution is 7.92. The largest absolute Gasteiger partial charge is 0.296 e. The second-order valence-corrected chi connectivity index (χ2v) is 10.5. The van der Waals surface area contributed by atoms with Gasteiger partial charge in [0, 0.05) is 16.1 Å². The van der Waals surface area contributed by atoms with Crippen LogP contribution in [0.15, 0.2) is 78.9 Å². The molecular weight excluding hydrogens is 480 g/mol. The summed E-state index contributed by atoms with van der Waals surface area (Å²) in [5.41, 5.74) is 2.54. The number of aromatic nitrogens is 2. The van der Waals surface area contributed by atoms with Crippen LogP contribution in [0.2, 0.25) is 5.02 Å². The fraction of sp³-hybridized carbons (Fsp3) is 0.0870. The quantitative estimate of drug-likeness (QED) is 0.383. The Morgan fingerprint density at radius 3 is 2.39 bits per heavy atom. The molecule has 1 heterocycles. The van der Waals surface area contributed by atoms with Gasteiger partial charge in [-0.1, -0.05) is 71.5 Å². The van der Waals surface area contributed by atoms with Crippen LogP contribution in [-0.4, -0.2) is 30.8 Å². The van der Waals surface area contributed by atoms with Gasteiger partial charge in [-0.2, -0.15) is 0 Å². The van der Waals surface area contributed by atoms with Gasteiger partial charge in [-0.3, -0.25) is 14.4 Å². The molecule has 168 valence electrons.